The van der Waals surface area contributed by atoms with Crippen molar-refractivity contribution in [2.75, 3.05) is 24.5 Å². The van der Waals surface area contributed by atoms with Crippen LogP contribution >= 0.6 is 0 Å². The Hall–Kier alpha value is -2.91. The monoisotopic (exact) mass is 418 g/mol. The molecule has 0 aliphatic carbocycles. The van der Waals surface area contributed by atoms with Crippen molar-refractivity contribution in [1.29, 1.82) is 0 Å². The number of hydrogen-bond donors (Lipinski definition) is 3. The van der Waals surface area contributed by atoms with Gasteiger partial charge in [0.25, 0.3) is 5.91 Å². The highest BCUT2D eigenvalue weighted by Gasteiger charge is 2.14. The van der Waals surface area contributed by atoms with E-state index >= 15 is 0 Å². The summed E-state index contributed by atoms with van der Waals surface area (Å²) in [5.41, 5.74) is 6.03. The fraction of sp³-hybridized carbons (Fsp3) is 0.300. The van der Waals surface area contributed by atoms with Crippen molar-refractivity contribution in [2.45, 2.75) is 25.2 Å². The van der Waals surface area contributed by atoms with Crippen LogP contribution in [0.4, 0.5) is 5.69 Å². The van der Waals surface area contributed by atoms with Crippen LogP contribution in [0.5, 0.6) is 0 Å². The molecule has 9 heteroatoms. The standard InChI is InChI=1S/C20H26N4O4S/c1-3-24(4-2)17-12-10-16(11-13-17)20(26)23-22-19(25)14-15-21-29(27,28)18-8-6-5-7-9-18/h5-13,21H,3-4,14-15H2,1-2H3,(H,22,25)(H,23,26). The van der Waals surface area contributed by atoms with Gasteiger partial charge in [-0.1, -0.05) is 18.2 Å². The Morgan fingerprint density at radius 3 is 2.10 bits per heavy atom. The first-order valence-electron chi connectivity index (χ1n) is 9.36. The lowest BCUT2D eigenvalue weighted by molar-refractivity contribution is -0.121. The third-order valence-corrected chi connectivity index (χ3v) is 5.75. The first kappa shape index (κ1) is 22.4. The largest absolute Gasteiger partial charge is 0.372 e. The van der Waals surface area contributed by atoms with Gasteiger partial charge >= 0.3 is 0 Å². The van der Waals surface area contributed by atoms with E-state index in [1.54, 1.807) is 30.3 Å². The number of nitrogens with one attached hydrogen (secondary N) is 3. The molecule has 29 heavy (non-hydrogen) atoms. The van der Waals surface area contributed by atoms with E-state index in [-0.39, 0.29) is 17.9 Å². The molecular formula is C20H26N4O4S. The fourth-order valence-corrected chi connectivity index (χ4v) is 3.71. The van der Waals surface area contributed by atoms with Crippen molar-refractivity contribution in [3.63, 3.8) is 0 Å². The summed E-state index contributed by atoms with van der Waals surface area (Å²) >= 11 is 0. The van der Waals surface area contributed by atoms with Gasteiger partial charge in [0.15, 0.2) is 0 Å². The molecule has 0 aliphatic heterocycles. The Balaban J connectivity index is 1.78. The lowest BCUT2D eigenvalue weighted by atomic mass is 10.2. The maximum atomic E-state index is 12.1. The van der Waals surface area contributed by atoms with Crippen LogP contribution in [-0.2, 0) is 14.8 Å². The van der Waals surface area contributed by atoms with Gasteiger partial charge < -0.3 is 4.90 Å². The Kier molecular flexibility index (Phi) is 8.17. The second-order valence-electron chi connectivity index (χ2n) is 6.18. The number of carbonyl (C=O) groups excluding carboxylic acids is 2. The zero-order valence-electron chi connectivity index (χ0n) is 16.5. The van der Waals surface area contributed by atoms with Crippen LogP contribution in [0.1, 0.15) is 30.6 Å². The summed E-state index contributed by atoms with van der Waals surface area (Å²) in [6.07, 6.45) is -0.118. The van der Waals surface area contributed by atoms with E-state index in [0.29, 0.717) is 5.56 Å². The van der Waals surface area contributed by atoms with Crippen LogP contribution in [-0.4, -0.2) is 39.9 Å². The number of sulfonamides is 1. The molecule has 0 aromatic heterocycles. The van der Waals surface area contributed by atoms with Gasteiger partial charge in [0.05, 0.1) is 4.90 Å². The second-order valence-corrected chi connectivity index (χ2v) is 7.95. The average Bonchev–Trinajstić information content (AvgIpc) is 2.74. The first-order chi connectivity index (χ1) is 13.9. The number of benzene rings is 2. The minimum Gasteiger partial charge on any atom is -0.372 e. The summed E-state index contributed by atoms with van der Waals surface area (Å²) in [7, 11) is -3.67. The molecule has 2 aromatic rings. The molecule has 156 valence electrons. The molecule has 0 unspecified atom stereocenters. The van der Waals surface area contributed by atoms with Crippen LogP contribution in [0.3, 0.4) is 0 Å². The van der Waals surface area contributed by atoms with Crippen molar-refractivity contribution in [3.8, 4) is 0 Å². The third-order valence-electron chi connectivity index (χ3n) is 4.27. The number of carbonyl (C=O) groups is 2. The number of rotatable bonds is 9. The van der Waals surface area contributed by atoms with E-state index in [9.17, 15) is 18.0 Å². The zero-order valence-corrected chi connectivity index (χ0v) is 17.3. The smallest absolute Gasteiger partial charge is 0.269 e. The normalized spacial score (nSPS) is 11.0. The molecule has 0 fully saturated rings. The van der Waals surface area contributed by atoms with E-state index in [0.717, 1.165) is 18.8 Å². The maximum absolute atomic E-state index is 12.1. The van der Waals surface area contributed by atoms with E-state index in [1.807, 2.05) is 12.1 Å². The molecule has 2 amide bonds. The highest BCUT2D eigenvalue weighted by molar-refractivity contribution is 7.89. The fourth-order valence-electron chi connectivity index (χ4n) is 2.66. The van der Waals surface area contributed by atoms with Crippen molar-refractivity contribution in [3.05, 3.63) is 60.2 Å². The van der Waals surface area contributed by atoms with Gasteiger partial charge in [-0.3, -0.25) is 20.4 Å². The summed E-state index contributed by atoms with van der Waals surface area (Å²) < 4.78 is 26.5. The maximum Gasteiger partial charge on any atom is 0.269 e. The van der Waals surface area contributed by atoms with Gasteiger partial charge in [0.2, 0.25) is 15.9 Å². The quantitative estimate of drug-likeness (QED) is 0.537. The molecule has 8 nitrogen and oxygen atoms in total. The van der Waals surface area contributed by atoms with Gasteiger partial charge in [0, 0.05) is 37.3 Å². The molecule has 3 N–H and O–H groups in total. The number of hydrazine groups is 1. The molecule has 0 heterocycles. The average molecular weight is 419 g/mol. The second kappa shape index (κ2) is 10.6. The predicted molar refractivity (Wildman–Crippen MR) is 112 cm³/mol. The molecule has 2 rings (SSSR count). The summed E-state index contributed by atoms with van der Waals surface area (Å²) in [4.78, 5) is 26.3. The van der Waals surface area contributed by atoms with Gasteiger partial charge in [-0.2, -0.15) is 0 Å². The van der Waals surface area contributed by atoms with Crippen molar-refractivity contribution in [2.24, 2.45) is 0 Å². The van der Waals surface area contributed by atoms with Gasteiger partial charge in [-0.05, 0) is 50.2 Å². The van der Waals surface area contributed by atoms with E-state index in [4.69, 9.17) is 0 Å². The van der Waals surface area contributed by atoms with Crippen LogP contribution in [0, 0.1) is 0 Å². The topological polar surface area (TPSA) is 108 Å². The predicted octanol–water partition coefficient (Wildman–Crippen LogP) is 1.66. The molecule has 0 bridgehead atoms. The summed E-state index contributed by atoms with van der Waals surface area (Å²) in [5, 5.41) is 0. The van der Waals surface area contributed by atoms with Crippen LogP contribution < -0.4 is 20.5 Å². The van der Waals surface area contributed by atoms with Crippen molar-refractivity contribution < 1.29 is 18.0 Å². The molecule has 0 spiro atoms. The molecule has 0 saturated carbocycles. The Morgan fingerprint density at radius 2 is 1.52 bits per heavy atom. The van der Waals surface area contributed by atoms with Gasteiger partial charge in [0.1, 0.15) is 0 Å². The first-order valence-corrected chi connectivity index (χ1v) is 10.8. The number of anilines is 1. The Bertz CT molecular complexity index is 911. The van der Waals surface area contributed by atoms with Crippen LogP contribution in [0.25, 0.3) is 0 Å². The molecule has 2 aromatic carbocycles. The molecule has 0 atom stereocenters. The van der Waals surface area contributed by atoms with Crippen molar-refractivity contribution in [1.82, 2.24) is 15.6 Å². The number of amides is 2. The molecule has 0 aliphatic rings. The van der Waals surface area contributed by atoms with E-state index < -0.39 is 21.8 Å². The van der Waals surface area contributed by atoms with Crippen LogP contribution in [0.2, 0.25) is 0 Å². The van der Waals surface area contributed by atoms with E-state index in [1.165, 1.54) is 12.1 Å². The van der Waals surface area contributed by atoms with Crippen LogP contribution in [0.15, 0.2) is 59.5 Å². The lowest BCUT2D eigenvalue weighted by Gasteiger charge is -2.21. The summed E-state index contributed by atoms with van der Waals surface area (Å²) in [6.45, 7) is 5.76. The minimum absolute atomic E-state index is 0.0858. The minimum atomic E-state index is -3.67. The molecular weight excluding hydrogens is 392 g/mol. The number of hydrogen-bond acceptors (Lipinski definition) is 5. The molecule has 0 saturated heterocycles. The summed E-state index contributed by atoms with van der Waals surface area (Å²) in [5.74, 6) is -0.955. The Labute approximate surface area is 171 Å². The SMILES string of the molecule is CCN(CC)c1ccc(C(=O)NNC(=O)CCNS(=O)(=O)c2ccccc2)cc1. The van der Waals surface area contributed by atoms with Gasteiger partial charge in [-0.15, -0.1) is 0 Å². The van der Waals surface area contributed by atoms with E-state index in [2.05, 4.69) is 34.3 Å². The van der Waals surface area contributed by atoms with Gasteiger partial charge in [-0.25, -0.2) is 13.1 Å². The summed E-state index contributed by atoms with van der Waals surface area (Å²) in [6, 6.07) is 14.9. The Morgan fingerprint density at radius 1 is 0.897 bits per heavy atom. The lowest BCUT2D eigenvalue weighted by Crippen LogP contribution is -2.42. The molecule has 0 radical (unpaired) electrons. The zero-order chi connectivity index (χ0) is 21.3. The number of nitrogens with zero attached hydrogens (tertiary/aromatic N) is 1. The van der Waals surface area contributed by atoms with Crippen molar-refractivity contribution >= 4 is 27.5 Å². The third kappa shape index (κ3) is 6.58. The highest BCUT2D eigenvalue weighted by Crippen LogP contribution is 2.14. The highest BCUT2D eigenvalue weighted by atomic mass is 32.2.